The quantitative estimate of drug-likeness (QED) is 0.268. The first-order chi connectivity index (χ1) is 19.3. The molecule has 1 aliphatic heterocycles. The van der Waals surface area contributed by atoms with Crippen molar-refractivity contribution in [2.24, 2.45) is 5.92 Å². The van der Waals surface area contributed by atoms with Crippen LogP contribution in [-0.2, 0) is 14.8 Å². The maximum Gasteiger partial charge on any atom is 0.306 e. The standard InChI is InChI=1S/C28H30F2N6O4S/c1-28(2,3)41(39,40)34-23-15-20(5-6-21(23)29)36-13-10-18-16-31-27(33-25(18)36)32-19-4-7-24(22(30)14-19)35-11-8-17(9-12-35)26(37)38/h4-7,10,13-17,34H,8-9,11-12H2,1-3H3,(H,37,38)(H,31,32,33). The van der Waals surface area contributed by atoms with Crippen LogP contribution in [0.4, 0.5) is 31.8 Å². The van der Waals surface area contributed by atoms with Gasteiger partial charge in [-0.05, 0) is 76.1 Å². The van der Waals surface area contributed by atoms with E-state index in [1.807, 2.05) is 4.90 Å². The number of carboxylic acids is 1. The molecule has 2 aromatic heterocycles. The van der Waals surface area contributed by atoms with Gasteiger partial charge in [0.25, 0.3) is 0 Å². The molecule has 0 aliphatic carbocycles. The molecule has 0 saturated carbocycles. The van der Waals surface area contributed by atoms with E-state index in [1.165, 1.54) is 45.0 Å². The van der Waals surface area contributed by atoms with Crippen molar-refractivity contribution >= 4 is 50.0 Å². The van der Waals surface area contributed by atoms with E-state index in [0.717, 1.165) is 0 Å². The van der Waals surface area contributed by atoms with E-state index in [-0.39, 0.29) is 11.6 Å². The van der Waals surface area contributed by atoms with Gasteiger partial charge < -0.3 is 19.9 Å². The van der Waals surface area contributed by atoms with Gasteiger partial charge in [0.15, 0.2) is 0 Å². The lowest BCUT2D eigenvalue weighted by atomic mass is 9.96. The molecule has 2 aromatic carbocycles. The SMILES string of the molecule is CC(C)(C)S(=O)(=O)Nc1cc(-n2ccc3cnc(Nc4ccc(N5CCC(C(=O)O)CC5)c(F)c4)nc32)ccc1F. The number of fused-ring (bicyclic) bond motifs is 1. The number of carboxylic acid groups (broad SMARTS) is 1. The van der Waals surface area contributed by atoms with Crippen molar-refractivity contribution in [2.75, 3.05) is 28.0 Å². The zero-order valence-electron chi connectivity index (χ0n) is 22.7. The highest BCUT2D eigenvalue weighted by atomic mass is 32.2. The Balaban J connectivity index is 1.38. The molecule has 0 radical (unpaired) electrons. The Hall–Kier alpha value is -4.26. The van der Waals surface area contributed by atoms with Gasteiger partial charge in [0, 0.05) is 42.2 Å². The van der Waals surface area contributed by atoms with Crippen LogP contribution in [0.2, 0.25) is 0 Å². The molecule has 0 bridgehead atoms. The zero-order valence-corrected chi connectivity index (χ0v) is 23.5. The predicted octanol–water partition coefficient (Wildman–Crippen LogP) is 5.28. The number of rotatable bonds is 7. The molecule has 10 nitrogen and oxygen atoms in total. The predicted molar refractivity (Wildman–Crippen MR) is 153 cm³/mol. The summed E-state index contributed by atoms with van der Waals surface area (Å²) in [6.45, 7) is 5.48. The Kier molecular flexibility index (Phi) is 7.32. The lowest BCUT2D eigenvalue weighted by molar-refractivity contribution is -0.142. The molecule has 0 atom stereocenters. The second-order valence-electron chi connectivity index (χ2n) is 10.9. The molecule has 216 valence electrons. The highest BCUT2D eigenvalue weighted by Crippen LogP contribution is 2.30. The fourth-order valence-corrected chi connectivity index (χ4v) is 5.32. The Bertz CT molecular complexity index is 1730. The van der Waals surface area contributed by atoms with Gasteiger partial charge in [0.2, 0.25) is 16.0 Å². The molecular formula is C28H30F2N6O4S. The van der Waals surface area contributed by atoms with Gasteiger partial charge in [-0.25, -0.2) is 22.2 Å². The Morgan fingerprint density at radius 1 is 1.05 bits per heavy atom. The fraction of sp³-hybridized carbons (Fsp3) is 0.321. The van der Waals surface area contributed by atoms with Gasteiger partial charge in [0.1, 0.15) is 17.3 Å². The minimum atomic E-state index is -3.85. The van der Waals surface area contributed by atoms with Crippen LogP contribution >= 0.6 is 0 Å². The highest BCUT2D eigenvalue weighted by Gasteiger charge is 2.30. The van der Waals surface area contributed by atoms with Crippen molar-refractivity contribution in [3.8, 4) is 5.69 Å². The van der Waals surface area contributed by atoms with E-state index >= 15 is 4.39 Å². The van der Waals surface area contributed by atoms with Gasteiger partial charge in [-0.15, -0.1) is 0 Å². The van der Waals surface area contributed by atoms with E-state index in [0.29, 0.717) is 54.0 Å². The number of anilines is 4. The lowest BCUT2D eigenvalue weighted by Crippen LogP contribution is -2.36. The summed E-state index contributed by atoms with van der Waals surface area (Å²) >= 11 is 0. The molecule has 1 aliphatic rings. The second kappa shape index (κ2) is 10.6. The van der Waals surface area contributed by atoms with Crippen molar-refractivity contribution < 1.29 is 27.1 Å². The second-order valence-corrected chi connectivity index (χ2v) is 13.4. The van der Waals surface area contributed by atoms with Gasteiger partial charge in [0.05, 0.1) is 22.0 Å². The molecule has 0 unspecified atom stereocenters. The van der Waals surface area contributed by atoms with Crippen molar-refractivity contribution in [1.82, 2.24) is 14.5 Å². The Morgan fingerprint density at radius 2 is 1.78 bits per heavy atom. The number of sulfonamides is 1. The smallest absolute Gasteiger partial charge is 0.306 e. The number of benzene rings is 2. The number of hydrogen-bond donors (Lipinski definition) is 3. The number of carbonyl (C=O) groups is 1. The summed E-state index contributed by atoms with van der Waals surface area (Å²) in [6.07, 6.45) is 4.21. The van der Waals surface area contributed by atoms with Crippen LogP contribution in [0, 0.1) is 17.6 Å². The average Bonchev–Trinajstić information content (AvgIpc) is 3.33. The third-order valence-corrected chi connectivity index (χ3v) is 9.20. The molecule has 1 fully saturated rings. The minimum Gasteiger partial charge on any atom is -0.481 e. The molecule has 4 aromatic rings. The van der Waals surface area contributed by atoms with E-state index in [4.69, 9.17) is 0 Å². The van der Waals surface area contributed by atoms with Gasteiger partial charge >= 0.3 is 5.97 Å². The number of piperidine rings is 1. The summed E-state index contributed by atoms with van der Waals surface area (Å²) < 4.78 is 57.7. The van der Waals surface area contributed by atoms with Crippen molar-refractivity contribution in [3.63, 3.8) is 0 Å². The molecule has 13 heteroatoms. The topological polar surface area (TPSA) is 129 Å². The van der Waals surface area contributed by atoms with E-state index < -0.39 is 38.3 Å². The molecule has 0 spiro atoms. The summed E-state index contributed by atoms with van der Waals surface area (Å²) in [5, 5.41) is 12.9. The monoisotopic (exact) mass is 584 g/mol. The van der Waals surface area contributed by atoms with Crippen molar-refractivity contribution in [2.45, 2.75) is 38.4 Å². The Morgan fingerprint density at radius 3 is 2.44 bits per heavy atom. The van der Waals surface area contributed by atoms with E-state index in [1.54, 1.807) is 35.2 Å². The van der Waals surface area contributed by atoms with Gasteiger partial charge in [-0.2, -0.15) is 4.98 Å². The first-order valence-corrected chi connectivity index (χ1v) is 14.5. The normalized spacial score (nSPS) is 14.8. The minimum absolute atomic E-state index is 0.186. The number of aromatic nitrogens is 3. The summed E-state index contributed by atoms with van der Waals surface area (Å²) in [5.74, 6) is -2.20. The number of nitrogens with one attached hydrogen (secondary N) is 2. The molecule has 0 amide bonds. The summed E-state index contributed by atoms with van der Waals surface area (Å²) in [4.78, 5) is 21.9. The lowest BCUT2D eigenvalue weighted by Gasteiger charge is -2.32. The maximum atomic E-state index is 15.0. The largest absolute Gasteiger partial charge is 0.481 e. The summed E-state index contributed by atoms with van der Waals surface area (Å²) in [5.41, 5.74) is 1.58. The maximum absolute atomic E-state index is 15.0. The number of hydrogen-bond acceptors (Lipinski definition) is 7. The van der Waals surface area contributed by atoms with Crippen LogP contribution in [-0.4, -0.2) is 51.9 Å². The molecule has 1 saturated heterocycles. The van der Waals surface area contributed by atoms with Crippen LogP contribution in [0.15, 0.2) is 54.9 Å². The van der Waals surface area contributed by atoms with E-state index in [2.05, 4.69) is 20.0 Å². The fourth-order valence-electron chi connectivity index (χ4n) is 4.56. The van der Waals surface area contributed by atoms with Crippen LogP contribution < -0.4 is 14.9 Å². The van der Waals surface area contributed by atoms with Gasteiger partial charge in [-0.1, -0.05) is 0 Å². The number of nitrogens with zero attached hydrogens (tertiary/aromatic N) is 4. The zero-order chi connectivity index (χ0) is 29.5. The number of aliphatic carboxylic acids is 1. The van der Waals surface area contributed by atoms with Crippen LogP contribution in [0.3, 0.4) is 0 Å². The average molecular weight is 585 g/mol. The molecule has 5 rings (SSSR count). The van der Waals surface area contributed by atoms with E-state index in [9.17, 15) is 22.7 Å². The van der Waals surface area contributed by atoms with Crippen LogP contribution in [0.25, 0.3) is 16.7 Å². The van der Waals surface area contributed by atoms with Crippen molar-refractivity contribution in [3.05, 3.63) is 66.5 Å². The first kappa shape index (κ1) is 28.3. The third kappa shape index (κ3) is 5.80. The molecule has 3 N–H and O–H groups in total. The molecule has 3 heterocycles. The Labute approximate surface area is 236 Å². The highest BCUT2D eigenvalue weighted by molar-refractivity contribution is 7.94. The molecule has 41 heavy (non-hydrogen) atoms. The molecular weight excluding hydrogens is 554 g/mol. The summed E-state index contributed by atoms with van der Waals surface area (Å²) in [7, 11) is -3.85. The van der Waals surface area contributed by atoms with Crippen LogP contribution in [0.5, 0.6) is 0 Å². The first-order valence-electron chi connectivity index (χ1n) is 13.0. The summed E-state index contributed by atoms with van der Waals surface area (Å²) in [6, 6.07) is 10.5. The van der Waals surface area contributed by atoms with Crippen LogP contribution in [0.1, 0.15) is 33.6 Å². The third-order valence-electron chi connectivity index (χ3n) is 7.09. The number of halogens is 2. The van der Waals surface area contributed by atoms with Gasteiger partial charge in [-0.3, -0.25) is 9.52 Å². The van der Waals surface area contributed by atoms with Crippen molar-refractivity contribution in [1.29, 1.82) is 0 Å².